The first-order chi connectivity index (χ1) is 5.92. The van der Waals surface area contributed by atoms with Gasteiger partial charge >= 0.3 is 0 Å². The van der Waals surface area contributed by atoms with Crippen LogP contribution >= 0.6 is 0 Å². The first kappa shape index (κ1) is 7.83. The van der Waals surface area contributed by atoms with Crippen LogP contribution in [0.3, 0.4) is 0 Å². The van der Waals surface area contributed by atoms with Crippen molar-refractivity contribution in [3.8, 4) is 0 Å². The lowest BCUT2D eigenvalue weighted by Crippen LogP contribution is -2.36. The summed E-state index contributed by atoms with van der Waals surface area (Å²) in [5, 5.41) is 0. The van der Waals surface area contributed by atoms with Crippen molar-refractivity contribution in [1.29, 1.82) is 0 Å². The van der Waals surface area contributed by atoms with Crippen molar-refractivity contribution >= 4 is 0 Å². The van der Waals surface area contributed by atoms with Crippen LogP contribution in [-0.4, -0.2) is 19.8 Å². The maximum atomic E-state index is 5.66. The quantitative estimate of drug-likeness (QED) is 0.729. The van der Waals surface area contributed by atoms with Crippen molar-refractivity contribution < 1.29 is 9.15 Å². The van der Waals surface area contributed by atoms with Gasteiger partial charge in [0.15, 0.2) is 0 Å². The first-order valence-electron chi connectivity index (χ1n) is 4.23. The average molecular weight is 167 g/mol. The molecule has 2 rings (SSSR count). The van der Waals surface area contributed by atoms with E-state index in [4.69, 9.17) is 14.9 Å². The second-order valence-electron chi connectivity index (χ2n) is 3.16. The van der Waals surface area contributed by atoms with Crippen LogP contribution in [-0.2, 0) is 4.74 Å². The zero-order chi connectivity index (χ0) is 8.39. The zero-order valence-electron chi connectivity index (χ0n) is 6.90. The van der Waals surface area contributed by atoms with Crippen molar-refractivity contribution in [2.45, 2.75) is 5.92 Å². The van der Waals surface area contributed by atoms with Crippen LogP contribution in [0.15, 0.2) is 22.8 Å². The first-order valence-corrected chi connectivity index (χ1v) is 4.23. The highest BCUT2D eigenvalue weighted by Crippen LogP contribution is 2.29. The van der Waals surface area contributed by atoms with Crippen molar-refractivity contribution in [3.05, 3.63) is 24.2 Å². The fourth-order valence-corrected chi connectivity index (χ4v) is 1.53. The summed E-state index contributed by atoms with van der Waals surface area (Å²) in [7, 11) is 0. The molecule has 66 valence electrons. The average Bonchev–Trinajstić information content (AvgIpc) is 2.47. The third kappa shape index (κ3) is 1.26. The highest BCUT2D eigenvalue weighted by atomic mass is 16.5. The normalized spacial score (nSPS) is 20.4. The van der Waals surface area contributed by atoms with E-state index in [2.05, 4.69) is 0 Å². The molecule has 1 unspecified atom stereocenters. The molecule has 0 aliphatic carbocycles. The molecule has 0 bridgehead atoms. The van der Waals surface area contributed by atoms with E-state index in [0.717, 1.165) is 19.0 Å². The summed E-state index contributed by atoms with van der Waals surface area (Å²) >= 11 is 0. The van der Waals surface area contributed by atoms with E-state index in [-0.39, 0.29) is 0 Å². The van der Waals surface area contributed by atoms with Crippen molar-refractivity contribution in [3.63, 3.8) is 0 Å². The minimum absolute atomic E-state index is 0.341. The van der Waals surface area contributed by atoms with Gasteiger partial charge in [-0.05, 0) is 12.1 Å². The molecule has 2 heterocycles. The van der Waals surface area contributed by atoms with Crippen molar-refractivity contribution in [2.75, 3.05) is 19.8 Å². The largest absolute Gasteiger partial charge is 0.469 e. The molecule has 0 radical (unpaired) electrons. The van der Waals surface area contributed by atoms with Gasteiger partial charge in [-0.2, -0.15) is 0 Å². The molecule has 12 heavy (non-hydrogen) atoms. The summed E-state index contributed by atoms with van der Waals surface area (Å²) in [6.45, 7) is 2.28. The van der Waals surface area contributed by atoms with Crippen LogP contribution in [0, 0.1) is 5.92 Å². The van der Waals surface area contributed by atoms with Crippen LogP contribution in [0.2, 0.25) is 0 Å². The van der Waals surface area contributed by atoms with Gasteiger partial charge in [-0.1, -0.05) is 0 Å². The molecule has 1 saturated heterocycles. The molecule has 1 aliphatic rings. The minimum Gasteiger partial charge on any atom is -0.469 e. The molecule has 2 N–H and O–H groups in total. The number of rotatable bonds is 3. The highest BCUT2D eigenvalue weighted by molar-refractivity contribution is 5.08. The summed E-state index contributed by atoms with van der Waals surface area (Å²) in [6, 6.07) is 3.88. The summed E-state index contributed by atoms with van der Waals surface area (Å²) < 4.78 is 10.4. The number of hydrogen-bond acceptors (Lipinski definition) is 3. The van der Waals surface area contributed by atoms with Gasteiger partial charge in [-0.15, -0.1) is 0 Å². The van der Waals surface area contributed by atoms with Crippen LogP contribution < -0.4 is 5.73 Å². The van der Waals surface area contributed by atoms with Gasteiger partial charge in [-0.3, -0.25) is 0 Å². The van der Waals surface area contributed by atoms with Crippen molar-refractivity contribution in [1.82, 2.24) is 0 Å². The number of nitrogens with two attached hydrogens (primary N) is 1. The molecule has 0 amide bonds. The molecule has 0 aromatic carbocycles. The maximum Gasteiger partial charge on any atom is 0.108 e. The SMILES string of the molecule is NCC(c1ccco1)C1COC1. The van der Waals surface area contributed by atoms with E-state index in [1.165, 1.54) is 0 Å². The maximum absolute atomic E-state index is 5.66. The topological polar surface area (TPSA) is 48.4 Å². The fraction of sp³-hybridized carbons (Fsp3) is 0.556. The van der Waals surface area contributed by atoms with Gasteiger partial charge in [0.25, 0.3) is 0 Å². The number of ether oxygens (including phenoxy) is 1. The molecular weight excluding hydrogens is 154 g/mol. The van der Waals surface area contributed by atoms with Gasteiger partial charge in [0.2, 0.25) is 0 Å². The predicted octanol–water partition coefficient (Wildman–Crippen LogP) is 0.968. The van der Waals surface area contributed by atoms with Crippen LogP contribution in [0.4, 0.5) is 0 Å². The Kier molecular flexibility index (Phi) is 2.15. The summed E-state index contributed by atoms with van der Waals surface area (Å²) in [6.07, 6.45) is 1.69. The minimum atomic E-state index is 0.341. The van der Waals surface area contributed by atoms with E-state index in [9.17, 15) is 0 Å². The van der Waals surface area contributed by atoms with Crippen LogP contribution in [0.1, 0.15) is 11.7 Å². The smallest absolute Gasteiger partial charge is 0.108 e. The molecular formula is C9H13NO2. The summed E-state index contributed by atoms with van der Waals surface area (Å²) in [5.74, 6) is 1.89. The van der Waals surface area contributed by atoms with Gasteiger partial charge in [-0.25, -0.2) is 0 Å². The van der Waals surface area contributed by atoms with E-state index in [1.54, 1.807) is 6.26 Å². The van der Waals surface area contributed by atoms with Gasteiger partial charge in [0.1, 0.15) is 5.76 Å². The standard InChI is InChI=1S/C9H13NO2/c10-4-8(7-5-11-6-7)9-2-1-3-12-9/h1-3,7-8H,4-6,10H2. The molecule has 1 aliphatic heterocycles. The highest BCUT2D eigenvalue weighted by Gasteiger charge is 2.30. The molecule has 1 aromatic heterocycles. The predicted molar refractivity (Wildman–Crippen MR) is 44.8 cm³/mol. The Morgan fingerprint density at radius 1 is 1.58 bits per heavy atom. The molecule has 1 aromatic rings. The monoisotopic (exact) mass is 167 g/mol. The Morgan fingerprint density at radius 3 is 2.83 bits per heavy atom. The summed E-state index contributed by atoms with van der Waals surface area (Å²) in [5.41, 5.74) is 5.66. The second-order valence-corrected chi connectivity index (χ2v) is 3.16. The van der Waals surface area contributed by atoms with E-state index < -0.39 is 0 Å². The summed E-state index contributed by atoms with van der Waals surface area (Å²) in [4.78, 5) is 0. The van der Waals surface area contributed by atoms with Crippen molar-refractivity contribution in [2.24, 2.45) is 11.7 Å². The fourth-order valence-electron chi connectivity index (χ4n) is 1.53. The second kappa shape index (κ2) is 3.29. The van der Waals surface area contributed by atoms with E-state index in [1.807, 2.05) is 12.1 Å². The Hall–Kier alpha value is -0.800. The number of furan rings is 1. The van der Waals surface area contributed by atoms with Gasteiger partial charge in [0.05, 0.1) is 19.5 Å². The third-order valence-corrected chi connectivity index (χ3v) is 2.40. The molecule has 0 saturated carbocycles. The molecule has 3 heteroatoms. The lowest BCUT2D eigenvalue weighted by Gasteiger charge is -2.31. The van der Waals surface area contributed by atoms with Crippen LogP contribution in [0.5, 0.6) is 0 Å². The Bertz CT molecular complexity index is 229. The molecule has 0 spiro atoms. The Labute approximate surface area is 71.5 Å². The number of hydrogen-bond donors (Lipinski definition) is 1. The van der Waals surface area contributed by atoms with E-state index >= 15 is 0 Å². The van der Waals surface area contributed by atoms with Gasteiger partial charge < -0.3 is 14.9 Å². The third-order valence-electron chi connectivity index (χ3n) is 2.40. The molecule has 1 fully saturated rings. The molecule has 3 nitrogen and oxygen atoms in total. The van der Waals surface area contributed by atoms with Crippen LogP contribution in [0.25, 0.3) is 0 Å². The molecule has 1 atom stereocenters. The zero-order valence-corrected chi connectivity index (χ0v) is 6.90. The van der Waals surface area contributed by atoms with E-state index in [0.29, 0.717) is 18.4 Å². The lowest BCUT2D eigenvalue weighted by molar-refractivity contribution is -0.0465. The Balaban J connectivity index is 2.07. The Morgan fingerprint density at radius 2 is 2.42 bits per heavy atom. The van der Waals surface area contributed by atoms with Gasteiger partial charge in [0, 0.05) is 18.4 Å². The lowest BCUT2D eigenvalue weighted by atomic mass is 9.89.